The molecule has 4 fully saturated rings. The van der Waals surface area contributed by atoms with Crippen molar-refractivity contribution < 1.29 is 19.0 Å². The van der Waals surface area contributed by atoms with Crippen LogP contribution in [0.2, 0.25) is 0 Å². The van der Waals surface area contributed by atoms with Gasteiger partial charge in [-0.25, -0.2) is 9.37 Å². The topological polar surface area (TPSA) is 70.8 Å². The van der Waals surface area contributed by atoms with Gasteiger partial charge in [0, 0.05) is 43.7 Å². The molecule has 1 saturated carbocycles. The number of hydrogen-bond acceptors (Lipinski definition) is 5. The van der Waals surface area contributed by atoms with Gasteiger partial charge in [-0.2, -0.15) is 0 Å². The SMILES string of the molecule is Cc1nc2ccccc2n1C1CC2COCC(C1)N2C[C@H]1CN(C(C(=O)O)C2CCCCC2)C[C@@H]1c1cccc(F)c1. The fourth-order valence-electron chi connectivity index (χ4n) is 8.90. The van der Waals surface area contributed by atoms with E-state index in [1.807, 2.05) is 12.1 Å². The summed E-state index contributed by atoms with van der Waals surface area (Å²) in [6.07, 6.45) is 7.40. The van der Waals surface area contributed by atoms with Crippen LogP contribution in [0.15, 0.2) is 48.5 Å². The fourth-order valence-corrected chi connectivity index (χ4v) is 8.90. The number of aliphatic carboxylic acids is 1. The van der Waals surface area contributed by atoms with Gasteiger partial charge in [-0.05, 0) is 74.3 Å². The third kappa shape index (κ3) is 5.26. The molecule has 5 atom stereocenters. The summed E-state index contributed by atoms with van der Waals surface area (Å²) in [6, 6.07) is 15.9. The van der Waals surface area contributed by atoms with Gasteiger partial charge in [0.05, 0.1) is 24.2 Å². The van der Waals surface area contributed by atoms with Gasteiger partial charge in [0.2, 0.25) is 0 Å². The number of morpholine rings is 1. The first kappa shape index (κ1) is 28.0. The van der Waals surface area contributed by atoms with Crippen LogP contribution in [0.3, 0.4) is 0 Å². The van der Waals surface area contributed by atoms with Crippen LogP contribution in [-0.4, -0.2) is 81.4 Å². The van der Waals surface area contributed by atoms with E-state index in [4.69, 9.17) is 9.72 Å². The maximum Gasteiger partial charge on any atom is 0.321 e. The Morgan fingerprint density at radius 2 is 1.79 bits per heavy atom. The molecule has 224 valence electrons. The first-order valence-electron chi connectivity index (χ1n) is 16.0. The van der Waals surface area contributed by atoms with Gasteiger partial charge in [-0.15, -0.1) is 0 Å². The molecule has 3 saturated heterocycles. The highest BCUT2D eigenvalue weighted by Crippen LogP contribution is 2.42. The number of carbonyl (C=O) groups is 1. The minimum absolute atomic E-state index is 0.102. The highest BCUT2D eigenvalue weighted by Gasteiger charge is 2.46. The van der Waals surface area contributed by atoms with Gasteiger partial charge in [0.15, 0.2) is 0 Å². The predicted octanol–water partition coefficient (Wildman–Crippen LogP) is 5.64. The summed E-state index contributed by atoms with van der Waals surface area (Å²) >= 11 is 0. The maximum absolute atomic E-state index is 14.4. The Bertz CT molecular complexity index is 1410. The standard InChI is InChI=1S/C34H43FN4O3/c1-22-36-31-12-5-6-13-32(31)39(22)27-15-28-20-42-21-29(16-27)38(28)18-25-17-37(19-30(25)24-10-7-11-26(35)14-24)33(34(40)41)23-8-3-2-4-9-23/h5-7,10-14,23,25,27-30,33H,2-4,8-9,15-21H2,1H3,(H,40,41)/t25-,27?,28?,29?,30-,33?/m1/s1. The monoisotopic (exact) mass is 574 g/mol. The minimum Gasteiger partial charge on any atom is -0.480 e. The number of hydrogen-bond donors (Lipinski definition) is 1. The number of nitrogens with zero attached hydrogens (tertiary/aromatic N) is 4. The van der Waals surface area contributed by atoms with E-state index in [2.05, 4.69) is 39.5 Å². The molecule has 8 heteroatoms. The largest absolute Gasteiger partial charge is 0.480 e. The van der Waals surface area contributed by atoms with Crippen LogP contribution < -0.4 is 0 Å². The van der Waals surface area contributed by atoms with E-state index in [9.17, 15) is 14.3 Å². The summed E-state index contributed by atoms with van der Waals surface area (Å²) in [5.74, 6) is 0.668. The molecular weight excluding hydrogens is 531 g/mol. The van der Waals surface area contributed by atoms with E-state index in [0.29, 0.717) is 37.9 Å². The zero-order valence-corrected chi connectivity index (χ0v) is 24.6. The van der Waals surface area contributed by atoms with Gasteiger partial charge in [-0.3, -0.25) is 14.6 Å². The summed E-state index contributed by atoms with van der Waals surface area (Å²) in [4.78, 5) is 22.4. The van der Waals surface area contributed by atoms with Crippen molar-refractivity contribution in [3.63, 3.8) is 0 Å². The molecule has 4 aliphatic rings. The molecule has 3 aromatic rings. The van der Waals surface area contributed by atoms with Crippen LogP contribution in [0, 0.1) is 24.6 Å². The summed E-state index contributed by atoms with van der Waals surface area (Å²) < 4.78 is 23.0. The zero-order chi connectivity index (χ0) is 28.8. The van der Waals surface area contributed by atoms with Crippen molar-refractivity contribution in [3.8, 4) is 0 Å². The Morgan fingerprint density at radius 3 is 2.52 bits per heavy atom. The van der Waals surface area contributed by atoms with Crippen molar-refractivity contribution in [2.45, 2.75) is 82.0 Å². The molecule has 3 unspecified atom stereocenters. The number of ether oxygens (including phenoxy) is 1. The number of carboxylic acid groups (broad SMARTS) is 1. The molecule has 2 bridgehead atoms. The van der Waals surface area contributed by atoms with Crippen LogP contribution >= 0.6 is 0 Å². The molecule has 42 heavy (non-hydrogen) atoms. The highest BCUT2D eigenvalue weighted by atomic mass is 19.1. The molecule has 4 heterocycles. The number of carboxylic acids is 1. The van der Waals surface area contributed by atoms with Gasteiger partial charge in [0.25, 0.3) is 0 Å². The second-order valence-electron chi connectivity index (χ2n) is 13.2. The molecule has 7 rings (SSSR count). The van der Waals surface area contributed by atoms with Crippen LogP contribution in [0.5, 0.6) is 0 Å². The number of benzene rings is 2. The Kier molecular flexibility index (Phi) is 7.80. The van der Waals surface area contributed by atoms with Crippen molar-refractivity contribution in [1.82, 2.24) is 19.4 Å². The van der Waals surface area contributed by atoms with Gasteiger partial charge in [0.1, 0.15) is 17.7 Å². The number of fused-ring (bicyclic) bond motifs is 3. The van der Waals surface area contributed by atoms with Crippen LogP contribution in [0.4, 0.5) is 4.39 Å². The number of rotatable bonds is 7. The van der Waals surface area contributed by atoms with Gasteiger partial charge < -0.3 is 14.4 Å². The van der Waals surface area contributed by atoms with Gasteiger partial charge >= 0.3 is 5.97 Å². The first-order valence-corrected chi connectivity index (χ1v) is 16.0. The molecule has 0 spiro atoms. The van der Waals surface area contributed by atoms with E-state index in [0.717, 1.165) is 68.5 Å². The third-order valence-corrected chi connectivity index (χ3v) is 10.7. The summed E-state index contributed by atoms with van der Waals surface area (Å²) in [5, 5.41) is 10.4. The van der Waals surface area contributed by atoms with E-state index >= 15 is 0 Å². The van der Waals surface area contributed by atoms with Crippen LogP contribution in [0.25, 0.3) is 11.0 Å². The van der Waals surface area contributed by atoms with Crippen molar-refractivity contribution in [3.05, 3.63) is 65.7 Å². The number of imidazole rings is 1. The second kappa shape index (κ2) is 11.7. The van der Waals surface area contributed by atoms with E-state index < -0.39 is 12.0 Å². The van der Waals surface area contributed by atoms with Gasteiger partial charge in [-0.1, -0.05) is 43.5 Å². The first-order chi connectivity index (χ1) is 20.5. The Hall–Kier alpha value is -2.81. The average Bonchev–Trinajstić information content (AvgIpc) is 3.53. The summed E-state index contributed by atoms with van der Waals surface area (Å²) in [7, 11) is 0. The average molecular weight is 575 g/mol. The molecule has 2 aromatic carbocycles. The Balaban J connectivity index is 1.15. The maximum atomic E-state index is 14.4. The number of piperidine rings is 1. The second-order valence-corrected chi connectivity index (χ2v) is 13.2. The Morgan fingerprint density at radius 1 is 1.02 bits per heavy atom. The number of likely N-dealkylation sites (tertiary alicyclic amines) is 1. The van der Waals surface area contributed by atoms with E-state index in [1.54, 1.807) is 12.1 Å². The molecular formula is C34H43FN4O3. The number of aromatic nitrogens is 2. The fraction of sp³-hybridized carbons (Fsp3) is 0.588. The molecule has 7 nitrogen and oxygen atoms in total. The smallest absolute Gasteiger partial charge is 0.321 e. The quantitative estimate of drug-likeness (QED) is 0.394. The van der Waals surface area contributed by atoms with Crippen LogP contribution in [0.1, 0.15) is 68.3 Å². The molecule has 0 amide bonds. The third-order valence-electron chi connectivity index (χ3n) is 10.7. The molecule has 1 N–H and O–H groups in total. The summed E-state index contributed by atoms with van der Waals surface area (Å²) in [5.41, 5.74) is 3.24. The lowest BCUT2D eigenvalue weighted by Gasteiger charge is -2.50. The molecule has 3 aliphatic heterocycles. The Labute approximate surface area is 247 Å². The molecule has 0 radical (unpaired) electrons. The summed E-state index contributed by atoms with van der Waals surface area (Å²) in [6.45, 7) is 5.81. The lowest BCUT2D eigenvalue weighted by molar-refractivity contribution is -0.145. The van der Waals surface area contributed by atoms with Crippen LogP contribution in [-0.2, 0) is 9.53 Å². The predicted molar refractivity (Wildman–Crippen MR) is 160 cm³/mol. The lowest BCUT2D eigenvalue weighted by atomic mass is 9.83. The normalized spacial score (nSPS) is 30.1. The van der Waals surface area contributed by atoms with Crippen molar-refractivity contribution in [1.29, 1.82) is 0 Å². The van der Waals surface area contributed by atoms with Crippen molar-refractivity contribution >= 4 is 17.0 Å². The number of aryl methyl sites for hydroxylation is 1. The van der Waals surface area contributed by atoms with Crippen molar-refractivity contribution in [2.75, 3.05) is 32.8 Å². The van der Waals surface area contributed by atoms with Crippen molar-refractivity contribution in [2.24, 2.45) is 11.8 Å². The number of para-hydroxylation sites is 2. The minimum atomic E-state index is -0.699. The zero-order valence-electron chi connectivity index (χ0n) is 24.6. The van der Waals surface area contributed by atoms with E-state index in [-0.39, 0.29) is 23.6 Å². The molecule has 1 aliphatic carbocycles. The highest BCUT2D eigenvalue weighted by molar-refractivity contribution is 5.76. The van der Waals surface area contributed by atoms with E-state index in [1.165, 1.54) is 18.0 Å². The molecule has 1 aromatic heterocycles. The lowest BCUT2D eigenvalue weighted by Crippen LogP contribution is -2.58. The number of halogens is 1.